The first-order valence-electron chi connectivity index (χ1n) is 25.0. The van der Waals surface area contributed by atoms with Gasteiger partial charge in [0, 0.05) is 19.3 Å². The van der Waals surface area contributed by atoms with Crippen molar-refractivity contribution in [1.82, 2.24) is 0 Å². The highest BCUT2D eigenvalue weighted by atomic mass is 16.6. The van der Waals surface area contributed by atoms with E-state index in [0.29, 0.717) is 19.3 Å². The van der Waals surface area contributed by atoms with Crippen LogP contribution in [0.25, 0.3) is 0 Å². The van der Waals surface area contributed by atoms with E-state index in [9.17, 15) is 14.4 Å². The Morgan fingerprint density at radius 1 is 0.362 bits per heavy atom. The molecule has 0 aromatic carbocycles. The Bertz CT molecular complexity index is 984. The first-order chi connectivity index (χ1) is 28.5. The molecule has 0 aliphatic rings. The normalized spacial score (nSPS) is 12.3. The molecule has 6 heteroatoms. The second kappa shape index (κ2) is 47.3. The summed E-state index contributed by atoms with van der Waals surface area (Å²) in [4.78, 5) is 37.8. The Hall–Kier alpha value is -2.37. The van der Waals surface area contributed by atoms with E-state index in [1.807, 2.05) is 0 Å². The van der Waals surface area contributed by atoms with Crippen molar-refractivity contribution in [2.24, 2.45) is 0 Å². The molecule has 0 rings (SSSR count). The third-order valence-corrected chi connectivity index (χ3v) is 10.9. The molecule has 0 N–H and O–H groups in total. The lowest BCUT2D eigenvalue weighted by molar-refractivity contribution is -0.167. The maximum absolute atomic E-state index is 12.7. The fourth-order valence-corrected chi connectivity index (χ4v) is 7.12. The Labute approximate surface area is 359 Å². The highest BCUT2D eigenvalue weighted by Crippen LogP contribution is 2.15. The SMILES string of the molecule is CC/C=C\C/C=C\CCCCC(=O)OCC(COC(=O)CCCCCCCCCCCCCCCCCC)OC(=O)CCCCCCCCC/C=C\CCCCCC. The van der Waals surface area contributed by atoms with Gasteiger partial charge in [-0.1, -0.05) is 205 Å². The zero-order valence-electron chi connectivity index (χ0n) is 38.6. The van der Waals surface area contributed by atoms with Crippen LogP contribution in [-0.4, -0.2) is 37.2 Å². The van der Waals surface area contributed by atoms with Crippen LogP contribution in [0.2, 0.25) is 0 Å². The standard InChI is InChI=1S/C52H94O6/c1-4-7-10-13-16-19-21-23-25-27-28-30-33-36-39-42-45-51(54)57-48-49(47-56-50(53)44-41-38-35-32-18-15-12-9-6-3)58-52(55)46-43-40-37-34-31-29-26-24-22-20-17-14-11-8-5-2/h9,12,18,20,22,32,49H,4-8,10-11,13-17,19,21,23-31,33-48H2,1-3H3/b12-9-,22-20-,32-18-. The smallest absolute Gasteiger partial charge is 0.306 e. The van der Waals surface area contributed by atoms with Gasteiger partial charge in [-0.2, -0.15) is 0 Å². The number of unbranched alkanes of at least 4 members (excludes halogenated alkanes) is 28. The number of ether oxygens (including phenoxy) is 3. The van der Waals surface area contributed by atoms with Crippen LogP contribution in [0, 0.1) is 0 Å². The number of rotatable bonds is 45. The number of esters is 3. The van der Waals surface area contributed by atoms with Crippen LogP contribution >= 0.6 is 0 Å². The minimum Gasteiger partial charge on any atom is -0.462 e. The summed E-state index contributed by atoms with van der Waals surface area (Å²) in [5.74, 6) is -0.916. The van der Waals surface area contributed by atoms with Crippen molar-refractivity contribution in [3.05, 3.63) is 36.5 Å². The summed E-state index contributed by atoms with van der Waals surface area (Å²) in [6, 6.07) is 0. The van der Waals surface area contributed by atoms with Crippen LogP contribution < -0.4 is 0 Å². The van der Waals surface area contributed by atoms with Crippen LogP contribution in [0.3, 0.4) is 0 Å². The van der Waals surface area contributed by atoms with Crippen LogP contribution in [0.1, 0.15) is 258 Å². The highest BCUT2D eigenvalue weighted by Gasteiger charge is 2.19. The van der Waals surface area contributed by atoms with E-state index in [4.69, 9.17) is 14.2 Å². The molecule has 0 bridgehead atoms. The molecule has 0 aliphatic heterocycles. The molecular weight excluding hydrogens is 721 g/mol. The van der Waals surface area contributed by atoms with Crippen molar-refractivity contribution in [2.45, 2.75) is 264 Å². The Morgan fingerprint density at radius 2 is 0.672 bits per heavy atom. The zero-order chi connectivity index (χ0) is 42.3. The van der Waals surface area contributed by atoms with E-state index in [-0.39, 0.29) is 31.1 Å². The number of carbonyl (C=O) groups excluding carboxylic acids is 3. The molecule has 1 atom stereocenters. The van der Waals surface area contributed by atoms with Gasteiger partial charge in [-0.3, -0.25) is 14.4 Å². The van der Waals surface area contributed by atoms with Crippen molar-refractivity contribution < 1.29 is 28.6 Å². The fraction of sp³-hybridized carbons (Fsp3) is 0.827. The molecule has 0 saturated carbocycles. The van der Waals surface area contributed by atoms with Crippen molar-refractivity contribution in [3.8, 4) is 0 Å². The summed E-state index contributed by atoms with van der Waals surface area (Å²) in [6.07, 6.45) is 54.3. The topological polar surface area (TPSA) is 78.9 Å². The van der Waals surface area contributed by atoms with Gasteiger partial charge in [0.05, 0.1) is 0 Å². The molecule has 0 spiro atoms. The van der Waals surface area contributed by atoms with Gasteiger partial charge < -0.3 is 14.2 Å². The quantitative estimate of drug-likeness (QED) is 0.0264. The van der Waals surface area contributed by atoms with E-state index >= 15 is 0 Å². The van der Waals surface area contributed by atoms with Crippen LogP contribution in [0.15, 0.2) is 36.5 Å². The molecule has 338 valence electrons. The lowest BCUT2D eigenvalue weighted by Gasteiger charge is -2.18. The number of carbonyl (C=O) groups is 3. The maximum Gasteiger partial charge on any atom is 0.306 e. The summed E-state index contributed by atoms with van der Waals surface area (Å²) in [6.45, 7) is 6.48. The lowest BCUT2D eigenvalue weighted by Crippen LogP contribution is -2.30. The molecule has 1 unspecified atom stereocenters. The third-order valence-electron chi connectivity index (χ3n) is 10.9. The monoisotopic (exact) mass is 815 g/mol. The molecule has 0 aliphatic carbocycles. The highest BCUT2D eigenvalue weighted by molar-refractivity contribution is 5.71. The first-order valence-corrected chi connectivity index (χ1v) is 25.0. The van der Waals surface area contributed by atoms with Crippen molar-refractivity contribution in [2.75, 3.05) is 13.2 Å². The lowest BCUT2D eigenvalue weighted by atomic mass is 10.0. The van der Waals surface area contributed by atoms with E-state index < -0.39 is 6.10 Å². The Morgan fingerprint density at radius 3 is 1.10 bits per heavy atom. The van der Waals surface area contributed by atoms with Gasteiger partial charge in [0.15, 0.2) is 6.10 Å². The van der Waals surface area contributed by atoms with Crippen molar-refractivity contribution >= 4 is 17.9 Å². The predicted molar refractivity (Wildman–Crippen MR) is 247 cm³/mol. The van der Waals surface area contributed by atoms with Crippen LogP contribution in [-0.2, 0) is 28.6 Å². The average Bonchev–Trinajstić information content (AvgIpc) is 3.22. The average molecular weight is 815 g/mol. The van der Waals surface area contributed by atoms with E-state index in [1.54, 1.807) is 0 Å². The number of hydrogen-bond donors (Lipinski definition) is 0. The molecule has 0 heterocycles. The first kappa shape index (κ1) is 55.6. The predicted octanol–water partition coefficient (Wildman–Crippen LogP) is 16.1. The van der Waals surface area contributed by atoms with Crippen molar-refractivity contribution in [1.29, 1.82) is 0 Å². The fourth-order valence-electron chi connectivity index (χ4n) is 7.12. The minimum atomic E-state index is -0.782. The Balaban J connectivity index is 4.32. The van der Waals surface area contributed by atoms with Gasteiger partial charge in [0.2, 0.25) is 0 Å². The van der Waals surface area contributed by atoms with E-state index in [1.165, 1.54) is 148 Å². The number of allylic oxidation sites excluding steroid dienone is 6. The largest absolute Gasteiger partial charge is 0.462 e. The van der Waals surface area contributed by atoms with Gasteiger partial charge in [0.25, 0.3) is 0 Å². The van der Waals surface area contributed by atoms with Gasteiger partial charge in [-0.15, -0.1) is 0 Å². The van der Waals surface area contributed by atoms with Gasteiger partial charge >= 0.3 is 17.9 Å². The molecule has 0 saturated heterocycles. The van der Waals surface area contributed by atoms with Crippen LogP contribution in [0.4, 0.5) is 0 Å². The molecule has 0 amide bonds. The van der Waals surface area contributed by atoms with E-state index in [2.05, 4.69) is 57.2 Å². The summed E-state index contributed by atoms with van der Waals surface area (Å²) < 4.78 is 16.7. The Kier molecular flexibility index (Phi) is 45.4. The minimum absolute atomic E-state index is 0.0813. The summed E-state index contributed by atoms with van der Waals surface area (Å²) in [5.41, 5.74) is 0. The van der Waals surface area contributed by atoms with Crippen LogP contribution in [0.5, 0.6) is 0 Å². The van der Waals surface area contributed by atoms with E-state index in [0.717, 1.165) is 70.6 Å². The molecule has 0 aromatic rings. The summed E-state index contributed by atoms with van der Waals surface area (Å²) in [5, 5.41) is 0. The zero-order valence-corrected chi connectivity index (χ0v) is 38.6. The summed E-state index contributed by atoms with van der Waals surface area (Å²) in [7, 11) is 0. The molecular formula is C52H94O6. The second-order valence-electron chi connectivity index (χ2n) is 16.7. The molecule has 0 fully saturated rings. The molecule has 0 aromatic heterocycles. The third kappa shape index (κ3) is 44.7. The van der Waals surface area contributed by atoms with Gasteiger partial charge in [0.1, 0.15) is 13.2 Å². The molecule has 6 nitrogen and oxygen atoms in total. The summed E-state index contributed by atoms with van der Waals surface area (Å²) >= 11 is 0. The molecule has 0 radical (unpaired) electrons. The van der Waals surface area contributed by atoms with Gasteiger partial charge in [-0.05, 0) is 70.6 Å². The van der Waals surface area contributed by atoms with Gasteiger partial charge in [-0.25, -0.2) is 0 Å². The maximum atomic E-state index is 12.7. The molecule has 58 heavy (non-hydrogen) atoms. The van der Waals surface area contributed by atoms with Crippen molar-refractivity contribution in [3.63, 3.8) is 0 Å². The second-order valence-corrected chi connectivity index (χ2v) is 16.7. The number of hydrogen-bond acceptors (Lipinski definition) is 6.